The maximum atomic E-state index is 13.1. The Labute approximate surface area is 269 Å². The lowest BCUT2D eigenvalue weighted by molar-refractivity contribution is -0.113. The predicted molar refractivity (Wildman–Crippen MR) is 181 cm³/mol. The molecule has 0 aliphatic rings. The molecule has 0 unspecified atom stereocenters. The van der Waals surface area contributed by atoms with Crippen LogP contribution in [0, 0.1) is 20.8 Å². The van der Waals surface area contributed by atoms with Crippen molar-refractivity contribution in [1.82, 2.24) is 0 Å². The molecule has 0 heterocycles. The zero-order valence-electron chi connectivity index (χ0n) is 27.0. The van der Waals surface area contributed by atoms with Gasteiger partial charge in [0.1, 0.15) is 0 Å². The standard InChI is InChI=1S/C33H52N2O7S2/c1-5-6-7-8-9-10-17-39-18-19-40-20-21-41-22-23-42-24-25-43-26-32(36)34-33-28(3)13-16-31(29(33)4)44(37,38)35-30-14-11-27(2)12-15-30/h11-16,35H,5-10,17-26H2,1-4H3,(H,34,36). The van der Waals surface area contributed by atoms with Crippen molar-refractivity contribution in [3.05, 3.63) is 53.1 Å². The van der Waals surface area contributed by atoms with Gasteiger partial charge in [-0.1, -0.05) is 62.8 Å². The third-order valence-corrected chi connectivity index (χ3v) is 9.29. The van der Waals surface area contributed by atoms with Crippen molar-refractivity contribution in [3.8, 4) is 0 Å². The molecule has 2 aromatic carbocycles. The molecule has 0 atom stereocenters. The van der Waals surface area contributed by atoms with E-state index in [9.17, 15) is 13.2 Å². The zero-order chi connectivity index (χ0) is 32.0. The normalized spacial score (nSPS) is 11.5. The van der Waals surface area contributed by atoms with Crippen molar-refractivity contribution >= 4 is 39.1 Å². The first kappa shape index (κ1) is 38.0. The number of benzene rings is 2. The molecule has 0 saturated carbocycles. The first-order valence-electron chi connectivity index (χ1n) is 15.6. The van der Waals surface area contributed by atoms with Crippen LogP contribution in [0.15, 0.2) is 41.3 Å². The van der Waals surface area contributed by atoms with Gasteiger partial charge in [-0.3, -0.25) is 9.52 Å². The third-order valence-electron chi connectivity index (χ3n) is 6.84. The summed E-state index contributed by atoms with van der Waals surface area (Å²) in [6.45, 7) is 12.2. The van der Waals surface area contributed by atoms with Crippen LogP contribution in [0.2, 0.25) is 0 Å². The van der Waals surface area contributed by atoms with Crippen LogP contribution in [0.1, 0.15) is 62.1 Å². The van der Waals surface area contributed by atoms with E-state index < -0.39 is 10.0 Å². The van der Waals surface area contributed by atoms with Crippen LogP contribution in [0.5, 0.6) is 0 Å². The Kier molecular flexibility index (Phi) is 19.3. The number of thioether (sulfide) groups is 1. The van der Waals surface area contributed by atoms with Crippen molar-refractivity contribution in [1.29, 1.82) is 0 Å². The first-order valence-corrected chi connectivity index (χ1v) is 18.3. The maximum absolute atomic E-state index is 13.1. The van der Waals surface area contributed by atoms with Crippen molar-refractivity contribution in [3.63, 3.8) is 0 Å². The fraction of sp³-hybridized carbons (Fsp3) is 0.606. The summed E-state index contributed by atoms with van der Waals surface area (Å²) in [4.78, 5) is 12.7. The van der Waals surface area contributed by atoms with Gasteiger partial charge in [0, 0.05) is 23.7 Å². The van der Waals surface area contributed by atoms with Gasteiger partial charge in [0.25, 0.3) is 10.0 Å². The minimum absolute atomic E-state index is 0.127. The second-order valence-corrected chi connectivity index (χ2v) is 13.4. The molecular formula is C33H52N2O7S2. The highest BCUT2D eigenvalue weighted by molar-refractivity contribution is 7.99. The Balaban J connectivity index is 1.53. The van der Waals surface area contributed by atoms with Gasteiger partial charge < -0.3 is 24.3 Å². The lowest BCUT2D eigenvalue weighted by Crippen LogP contribution is -2.19. The molecule has 11 heteroatoms. The summed E-state index contributed by atoms with van der Waals surface area (Å²) in [7, 11) is -3.82. The number of amides is 1. The minimum Gasteiger partial charge on any atom is -0.379 e. The second-order valence-electron chi connectivity index (χ2n) is 10.7. The zero-order valence-corrected chi connectivity index (χ0v) is 28.6. The first-order chi connectivity index (χ1) is 21.2. The fourth-order valence-electron chi connectivity index (χ4n) is 4.35. The van der Waals surface area contributed by atoms with Gasteiger partial charge in [0.05, 0.1) is 56.9 Å². The molecule has 0 spiro atoms. The van der Waals surface area contributed by atoms with Crippen LogP contribution >= 0.6 is 11.8 Å². The van der Waals surface area contributed by atoms with Gasteiger partial charge in [-0.15, -0.1) is 11.8 Å². The van der Waals surface area contributed by atoms with E-state index in [-0.39, 0.29) is 16.6 Å². The number of aryl methyl sites for hydroxylation is 2. The highest BCUT2D eigenvalue weighted by Crippen LogP contribution is 2.28. The number of ether oxygens (including phenoxy) is 4. The molecule has 0 fully saturated rings. The van der Waals surface area contributed by atoms with Gasteiger partial charge in [0.15, 0.2) is 0 Å². The van der Waals surface area contributed by atoms with E-state index in [4.69, 9.17) is 18.9 Å². The number of hydrogen-bond acceptors (Lipinski definition) is 8. The van der Waals surface area contributed by atoms with E-state index in [0.717, 1.165) is 24.2 Å². The van der Waals surface area contributed by atoms with Crippen LogP contribution in [0.3, 0.4) is 0 Å². The van der Waals surface area contributed by atoms with Crippen molar-refractivity contribution < 1.29 is 32.2 Å². The number of unbranched alkanes of at least 4 members (excludes halogenated alkanes) is 5. The van der Waals surface area contributed by atoms with Gasteiger partial charge >= 0.3 is 0 Å². The molecule has 2 N–H and O–H groups in total. The van der Waals surface area contributed by atoms with E-state index in [1.165, 1.54) is 43.9 Å². The average molecular weight is 653 g/mol. The van der Waals surface area contributed by atoms with E-state index in [0.29, 0.717) is 68.9 Å². The lowest BCUT2D eigenvalue weighted by atomic mass is 10.1. The number of anilines is 2. The second kappa shape index (κ2) is 22.4. The number of sulfonamides is 1. The summed E-state index contributed by atoms with van der Waals surface area (Å²) in [5, 5.41) is 2.89. The number of carbonyl (C=O) groups excluding carboxylic acids is 1. The van der Waals surface area contributed by atoms with Gasteiger partial charge in [-0.05, 0) is 56.5 Å². The van der Waals surface area contributed by atoms with E-state index in [1.54, 1.807) is 31.2 Å². The van der Waals surface area contributed by atoms with Gasteiger partial charge in [0.2, 0.25) is 5.91 Å². The number of rotatable bonds is 25. The number of carbonyl (C=O) groups is 1. The van der Waals surface area contributed by atoms with Crippen LogP contribution in [-0.2, 0) is 33.8 Å². The molecule has 2 rings (SSSR count). The molecule has 248 valence electrons. The molecule has 0 bridgehead atoms. The van der Waals surface area contributed by atoms with E-state index in [2.05, 4.69) is 17.0 Å². The largest absolute Gasteiger partial charge is 0.379 e. The number of nitrogens with one attached hydrogen (secondary N) is 2. The van der Waals surface area contributed by atoms with Crippen molar-refractivity contribution in [2.24, 2.45) is 0 Å². The Morgan fingerprint density at radius 3 is 1.93 bits per heavy atom. The molecule has 1 amide bonds. The minimum atomic E-state index is -3.82. The van der Waals surface area contributed by atoms with Crippen LogP contribution in [-0.4, -0.2) is 78.7 Å². The molecule has 44 heavy (non-hydrogen) atoms. The average Bonchev–Trinajstić information content (AvgIpc) is 2.99. The molecule has 0 aliphatic carbocycles. The van der Waals surface area contributed by atoms with Crippen LogP contribution in [0.4, 0.5) is 11.4 Å². The quantitative estimate of drug-likeness (QED) is 0.117. The molecule has 2 aromatic rings. The summed E-state index contributed by atoms with van der Waals surface area (Å²) >= 11 is 1.45. The van der Waals surface area contributed by atoms with Crippen molar-refractivity contribution in [2.75, 3.05) is 74.4 Å². The third kappa shape index (κ3) is 15.7. The highest BCUT2D eigenvalue weighted by atomic mass is 32.2. The summed E-state index contributed by atoms with van der Waals surface area (Å²) < 4.78 is 50.9. The maximum Gasteiger partial charge on any atom is 0.262 e. The van der Waals surface area contributed by atoms with Crippen molar-refractivity contribution in [2.45, 2.75) is 71.1 Å². The van der Waals surface area contributed by atoms with Crippen LogP contribution in [0.25, 0.3) is 0 Å². The smallest absolute Gasteiger partial charge is 0.262 e. The summed E-state index contributed by atoms with van der Waals surface area (Å²) in [5.74, 6) is 0.692. The summed E-state index contributed by atoms with van der Waals surface area (Å²) in [5.41, 5.74) is 3.32. The monoisotopic (exact) mass is 652 g/mol. The Morgan fingerprint density at radius 1 is 0.727 bits per heavy atom. The van der Waals surface area contributed by atoms with E-state index >= 15 is 0 Å². The molecule has 9 nitrogen and oxygen atoms in total. The lowest BCUT2D eigenvalue weighted by Gasteiger charge is -2.16. The van der Waals surface area contributed by atoms with Crippen LogP contribution < -0.4 is 10.0 Å². The highest BCUT2D eigenvalue weighted by Gasteiger charge is 2.21. The van der Waals surface area contributed by atoms with Gasteiger partial charge in [-0.25, -0.2) is 8.42 Å². The number of hydrogen-bond donors (Lipinski definition) is 2. The van der Waals surface area contributed by atoms with E-state index in [1.807, 2.05) is 26.0 Å². The Morgan fingerprint density at radius 2 is 1.30 bits per heavy atom. The molecule has 0 aliphatic heterocycles. The Hall–Kier alpha value is -2.15. The SMILES string of the molecule is CCCCCCCCOCCOCCOCCOCCSCC(=O)Nc1c(C)ccc(S(=O)(=O)Nc2ccc(C)cc2)c1C. The molecule has 0 saturated heterocycles. The topological polar surface area (TPSA) is 112 Å². The molecule has 0 radical (unpaired) electrons. The van der Waals surface area contributed by atoms with Gasteiger partial charge in [-0.2, -0.15) is 0 Å². The fourth-order valence-corrected chi connectivity index (χ4v) is 6.29. The molecular weight excluding hydrogens is 601 g/mol. The summed E-state index contributed by atoms with van der Waals surface area (Å²) in [6, 6.07) is 10.4. The molecule has 0 aromatic heterocycles. The predicted octanol–water partition coefficient (Wildman–Crippen LogP) is 6.51. The Bertz CT molecular complexity index is 1190. The summed E-state index contributed by atoms with van der Waals surface area (Å²) in [6.07, 6.45) is 7.58.